The topological polar surface area (TPSA) is 92.9 Å². The van der Waals surface area contributed by atoms with Gasteiger partial charge in [-0.1, -0.05) is 23.7 Å². The molecule has 0 aliphatic carbocycles. The molecule has 1 heterocycles. The number of anilines is 2. The zero-order chi connectivity index (χ0) is 15.2. The summed E-state index contributed by atoms with van der Waals surface area (Å²) in [5.74, 6) is -0.526. The summed E-state index contributed by atoms with van der Waals surface area (Å²) in [4.78, 5) is 19.4. The van der Waals surface area contributed by atoms with Crippen molar-refractivity contribution in [1.29, 1.82) is 0 Å². The number of carbonyl (C=O) groups excluding carboxylic acids is 1. The molecule has 1 amide bonds. The number of nitrogens with one attached hydrogen (secondary N) is 2. The van der Waals surface area contributed by atoms with Crippen molar-refractivity contribution in [2.24, 2.45) is 0 Å². The van der Waals surface area contributed by atoms with Crippen LogP contribution in [0.25, 0.3) is 0 Å². The fourth-order valence-electron chi connectivity index (χ4n) is 1.63. The summed E-state index contributed by atoms with van der Waals surface area (Å²) in [5, 5.41) is 5.74. The molecule has 6 nitrogen and oxygen atoms in total. The van der Waals surface area contributed by atoms with Crippen LogP contribution in [-0.4, -0.2) is 29.0 Å². The van der Waals surface area contributed by atoms with Gasteiger partial charge in [-0.2, -0.15) is 4.98 Å². The third kappa shape index (κ3) is 4.28. The Bertz CT molecular complexity index is 632. The van der Waals surface area contributed by atoms with Gasteiger partial charge in [0.05, 0.1) is 5.56 Å². The van der Waals surface area contributed by atoms with E-state index < -0.39 is 11.7 Å². The summed E-state index contributed by atoms with van der Waals surface area (Å²) < 4.78 is 13.4. The van der Waals surface area contributed by atoms with Crippen molar-refractivity contribution in [3.05, 3.63) is 46.9 Å². The van der Waals surface area contributed by atoms with Crippen LogP contribution < -0.4 is 16.4 Å². The monoisotopic (exact) mass is 309 g/mol. The molecule has 0 saturated heterocycles. The molecular weight excluding hydrogens is 297 g/mol. The van der Waals surface area contributed by atoms with Crippen molar-refractivity contribution >= 4 is 29.3 Å². The van der Waals surface area contributed by atoms with Crippen LogP contribution in [0.5, 0.6) is 0 Å². The zero-order valence-corrected chi connectivity index (χ0v) is 11.7. The second-order valence-corrected chi connectivity index (χ2v) is 4.48. The predicted molar refractivity (Wildman–Crippen MR) is 78.7 cm³/mol. The average molecular weight is 310 g/mol. The van der Waals surface area contributed by atoms with Crippen LogP contribution in [0.1, 0.15) is 10.4 Å². The molecule has 0 fully saturated rings. The lowest BCUT2D eigenvalue weighted by atomic mass is 10.2. The number of nitrogens with zero attached hydrogens (tertiary/aromatic N) is 2. The first kappa shape index (κ1) is 15.0. The number of benzene rings is 1. The van der Waals surface area contributed by atoms with Crippen LogP contribution in [0.2, 0.25) is 5.15 Å². The molecule has 0 aliphatic rings. The van der Waals surface area contributed by atoms with Gasteiger partial charge < -0.3 is 16.4 Å². The minimum absolute atomic E-state index is 0.00632. The van der Waals surface area contributed by atoms with Gasteiger partial charge in [0.2, 0.25) is 5.95 Å². The predicted octanol–water partition coefficient (Wildman–Crippen LogP) is 1.69. The van der Waals surface area contributed by atoms with E-state index in [0.717, 1.165) is 0 Å². The maximum atomic E-state index is 13.4. The van der Waals surface area contributed by atoms with Gasteiger partial charge in [0.25, 0.3) is 5.91 Å². The van der Waals surface area contributed by atoms with Crippen LogP contribution in [-0.2, 0) is 0 Å². The summed E-state index contributed by atoms with van der Waals surface area (Å²) in [6, 6.07) is 7.29. The average Bonchev–Trinajstić information content (AvgIpc) is 2.43. The second kappa shape index (κ2) is 6.85. The third-order valence-corrected chi connectivity index (χ3v) is 2.74. The SMILES string of the molecule is Nc1nc(Cl)cc(NCCNC(=O)c2ccccc2F)n1. The highest BCUT2D eigenvalue weighted by Gasteiger charge is 2.09. The first-order valence-electron chi connectivity index (χ1n) is 6.13. The van der Waals surface area contributed by atoms with Gasteiger partial charge in [-0.15, -0.1) is 0 Å². The van der Waals surface area contributed by atoms with E-state index in [2.05, 4.69) is 20.6 Å². The van der Waals surface area contributed by atoms with Crippen LogP contribution in [0.15, 0.2) is 30.3 Å². The molecule has 0 radical (unpaired) electrons. The highest BCUT2D eigenvalue weighted by molar-refractivity contribution is 6.29. The summed E-state index contributed by atoms with van der Waals surface area (Å²) in [5.41, 5.74) is 5.45. The van der Waals surface area contributed by atoms with E-state index in [9.17, 15) is 9.18 Å². The van der Waals surface area contributed by atoms with Gasteiger partial charge in [-0.25, -0.2) is 9.37 Å². The van der Waals surface area contributed by atoms with E-state index in [1.807, 2.05) is 0 Å². The minimum atomic E-state index is -0.557. The number of hydrogen-bond donors (Lipinski definition) is 3. The molecule has 2 aromatic rings. The minimum Gasteiger partial charge on any atom is -0.368 e. The molecule has 4 N–H and O–H groups in total. The van der Waals surface area contributed by atoms with Gasteiger partial charge in [-0.05, 0) is 12.1 Å². The van der Waals surface area contributed by atoms with Gasteiger partial charge in [0, 0.05) is 19.2 Å². The van der Waals surface area contributed by atoms with Gasteiger partial charge >= 0.3 is 0 Å². The van der Waals surface area contributed by atoms with E-state index in [4.69, 9.17) is 17.3 Å². The van der Waals surface area contributed by atoms with E-state index in [0.29, 0.717) is 12.4 Å². The maximum absolute atomic E-state index is 13.4. The first-order chi connectivity index (χ1) is 10.1. The molecule has 0 bridgehead atoms. The molecule has 8 heteroatoms. The Morgan fingerprint density at radius 1 is 1.29 bits per heavy atom. The highest BCUT2D eigenvalue weighted by atomic mass is 35.5. The molecule has 0 unspecified atom stereocenters. The van der Waals surface area contributed by atoms with Crippen molar-refractivity contribution in [3.63, 3.8) is 0 Å². The molecule has 0 atom stereocenters. The summed E-state index contributed by atoms with van der Waals surface area (Å²) in [6.07, 6.45) is 0. The van der Waals surface area contributed by atoms with Crippen molar-refractivity contribution in [3.8, 4) is 0 Å². The molecule has 0 aliphatic heterocycles. The molecule has 1 aromatic heterocycles. The number of aromatic nitrogens is 2. The van der Waals surface area contributed by atoms with Crippen molar-refractivity contribution in [2.75, 3.05) is 24.1 Å². The quantitative estimate of drug-likeness (QED) is 0.577. The van der Waals surface area contributed by atoms with Crippen LogP contribution in [0.4, 0.5) is 16.2 Å². The Morgan fingerprint density at radius 2 is 2.05 bits per heavy atom. The Labute approximate surface area is 125 Å². The van der Waals surface area contributed by atoms with Crippen LogP contribution >= 0.6 is 11.6 Å². The number of hydrogen-bond acceptors (Lipinski definition) is 5. The third-order valence-electron chi connectivity index (χ3n) is 2.55. The first-order valence-corrected chi connectivity index (χ1v) is 6.50. The van der Waals surface area contributed by atoms with E-state index in [1.165, 1.54) is 24.3 Å². The van der Waals surface area contributed by atoms with Gasteiger partial charge in [-0.3, -0.25) is 4.79 Å². The molecule has 0 saturated carbocycles. The lowest BCUT2D eigenvalue weighted by Gasteiger charge is -2.08. The summed E-state index contributed by atoms with van der Waals surface area (Å²) in [6.45, 7) is 0.668. The van der Waals surface area contributed by atoms with Gasteiger partial charge in [0.15, 0.2) is 0 Å². The Balaban J connectivity index is 1.82. The second-order valence-electron chi connectivity index (χ2n) is 4.10. The number of rotatable bonds is 5. The molecule has 1 aromatic carbocycles. The Hall–Kier alpha value is -2.41. The Morgan fingerprint density at radius 3 is 2.76 bits per heavy atom. The molecule has 0 spiro atoms. The van der Waals surface area contributed by atoms with Gasteiger partial charge in [0.1, 0.15) is 16.8 Å². The smallest absolute Gasteiger partial charge is 0.254 e. The fraction of sp³-hybridized carbons (Fsp3) is 0.154. The maximum Gasteiger partial charge on any atom is 0.254 e. The van der Waals surface area contributed by atoms with Crippen molar-refractivity contribution in [2.45, 2.75) is 0 Å². The lowest BCUT2D eigenvalue weighted by molar-refractivity contribution is 0.0951. The normalized spacial score (nSPS) is 10.2. The molecular formula is C13H13ClFN5O. The van der Waals surface area contributed by atoms with Crippen LogP contribution in [0, 0.1) is 5.82 Å². The van der Waals surface area contributed by atoms with Crippen molar-refractivity contribution < 1.29 is 9.18 Å². The summed E-state index contributed by atoms with van der Waals surface area (Å²) >= 11 is 5.73. The molecule has 21 heavy (non-hydrogen) atoms. The fourth-order valence-corrected chi connectivity index (χ4v) is 1.82. The zero-order valence-electron chi connectivity index (χ0n) is 10.9. The summed E-state index contributed by atoms with van der Waals surface area (Å²) in [7, 11) is 0. The molecule has 110 valence electrons. The van der Waals surface area contributed by atoms with E-state index in [1.54, 1.807) is 6.07 Å². The van der Waals surface area contributed by atoms with Crippen molar-refractivity contribution in [1.82, 2.24) is 15.3 Å². The van der Waals surface area contributed by atoms with E-state index in [-0.39, 0.29) is 23.2 Å². The number of nitrogen functional groups attached to an aromatic ring is 1. The highest BCUT2D eigenvalue weighted by Crippen LogP contribution is 2.11. The largest absolute Gasteiger partial charge is 0.368 e. The lowest BCUT2D eigenvalue weighted by Crippen LogP contribution is -2.29. The number of amides is 1. The molecule has 2 rings (SSSR count). The number of carbonyl (C=O) groups is 1. The van der Waals surface area contributed by atoms with Crippen LogP contribution in [0.3, 0.4) is 0 Å². The standard InChI is InChI=1S/C13H13ClFN5O/c14-10-7-11(20-13(16)19-10)17-5-6-18-12(21)8-3-1-2-4-9(8)15/h1-4,7H,5-6H2,(H,18,21)(H3,16,17,19,20). The number of halogens is 2. The van der Waals surface area contributed by atoms with E-state index >= 15 is 0 Å². The number of nitrogens with two attached hydrogens (primary N) is 1. The Kier molecular flexibility index (Phi) is 4.89.